The van der Waals surface area contributed by atoms with Gasteiger partial charge in [-0.05, 0) is 18.6 Å². The monoisotopic (exact) mass is 304 g/mol. The van der Waals surface area contributed by atoms with Gasteiger partial charge < -0.3 is 9.64 Å². The van der Waals surface area contributed by atoms with Gasteiger partial charge in [0.1, 0.15) is 10.6 Å². The first-order chi connectivity index (χ1) is 9.36. The van der Waals surface area contributed by atoms with Gasteiger partial charge in [-0.3, -0.25) is 0 Å². The first-order valence-corrected chi connectivity index (χ1v) is 7.45. The van der Waals surface area contributed by atoms with Crippen LogP contribution < -0.4 is 4.74 Å². The minimum absolute atomic E-state index is 0.101. The van der Waals surface area contributed by atoms with Crippen molar-refractivity contribution in [2.45, 2.75) is 24.9 Å². The van der Waals surface area contributed by atoms with Crippen LogP contribution in [0, 0.1) is 0 Å². The first kappa shape index (κ1) is 14.7. The molecule has 0 aliphatic carbocycles. The molecular weight excluding hydrogens is 290 g/mol. The number of alkyl halides is 2. The Hall–Kier alpha value is -1.70. The number of amidine groups is 1. The molecule has 2 rings (SSSR count). The molecule has 0 bridgehead atoms. The van der Waals surface area contributed by atoms with Crippen LogP contribution in [0.5, 0.6) is 5.75 Å². The molecule has 0 aromatic heterocycles. The highest BCUT2D eigenvalue weighted by Gasteiger charge is 2.34. The van der Waals surface area contributed by atoms with E-state index in [4.69, 9.17) is 0 Å². The number of hydrogen-bond acceptors (Lipinski definition) is 4. The maximum Gasteiger partial charge on any atom is 0.387 e. The van der Waals surface area contributed by atoms with Gasteiger partial charge in [-0.1, -0.05) is 13.0 Å². The standard InChI is InChI=1S/C12H14F2N2O3S/c1-3-7-16(2)11-10-8(19-12(13)14)5-4-6-9(10)20(17,18)15-11/h4-6,12H,3,7H2,1-2H3. The number of rotatable bonds is 4. The van der Waals surface area contributed by atoms with E-state index in [1.165, 1.54) is 18.2 Å². The van der Waals surface area contributed by atoms with Gasteiger partial charge in [-0.15, -0.1) is 4.40 Å². The molecule has 0 spiro atoms. The Labute approximate surface area is 115 Å². The SMILES string of the molecule is CCCN(C)C1=NS(=O)(=O)c2cccc(OC(F)F)c21. The number of sulfonamides is 1. The lowest BCUT2D eigenvalue weighted by Crippen LogP contribution is -2.27. The van der Waals surface area contributed by atoms with E-state index >= 15 is 0 Å². The summed E-state index contributed by atoms with van der Waals surface area (Å²) in [4.78, 5) is 1.51. The molecule has 20 heavy (non-hydrogen) atoms. The quantitative estimate of drug-likeness (QED) is 0.854. The van der Waals surface area contributed by atoms with Crippen molar-refractivity contribution < 1.29 is 21.9 Å². The molecule has 1 aliphatic rings. The average molecular weight is 304 g/mol. The van der Waals surface area contributed by atoms with E-state index in [1.807, 2.05) is 6.92 Å². The molecule has 0 radical (unpaired) electrons. The molecule has 0 N–H and O–H groups in total. The second kappa shape index (κ2) is 5.35. The maximum atomic E-state index is 12.4. The van der Waals surface area contributed by atoms with Crippen LogP contribution in [-0.2, 0) is 10.0 Å². The van der Waals surface area contributed by atoms with Gasteiger partial charge in [0.15, 0.2) is 5.84 Å². The van der Waals surface area contributed by atoms with E-state index in [0.717, 1.165) is 6.42 Å². The van der Waals surface area contributed by atoms with E-state index in [2.05, 4.69) is 9.13 Å². The summed E-state index contributed by atoms with van der Waals surface area (Å²) in [6.07, 6.45) is 0.767. The number of fused-ring (bicyclic) bond motifs is 1. The van der Waals surface area contributed by atoms with Crippen molar-refractivity contribution in [3.05, 3.63) is 23.8 Å². The summed E-state index contributed by atoms with van der Waals surface area (Å²) >= 11 is 0. The molecule has 1 aliphatic heterocycles. The highest BCUT2D eigenvalue weighted by molar-refractivity contribution is 7.90. The summed E-state index contributed by atoms with van der Waals surface area (Å²) in [5, 5.41) is 0. The molecule has 0 saturated heterocycles. The molecule has 1 aromatic carbocycles. The van der Waals surface area contributed by atoms with Crippen molar-refractivity contribution in [2.24, 2.45) is 4.40 Å². The minimum Gasteiger partial charge on any atom is -0.434 e. The summed E-state index contributed by atoms with van der Waals surface area (Å²) in [6, 6.07) is 3.99. The summed E-state index contributed by atoms with van der Waals surface area (Å²) < 4.78 is 56.8. The zero-order valence-electron chi connectivity index (χ0n) is 11.0. The molecule has 8 heteroatoms. The predicted octanol–water partition coefficient (Wildman–Crippen LogP) is 2.08. The highest BCUT2D eigenvalue weighted by Crippen LogP contribution is 2.34. The zero-order valence-corrected chi connectivity index (χ0v) is 11.8. The lowest BCUT2D eigenvalue weighted by atomic mass is 10.1. The highest BCUT2D eigenvalue weighted by atomic mass is 32.2. The Morgan fingerprint density at radius 1 is 1.40 bits per heavy atom. The zero-order chi connectivity index (χ0) is 14.9. The van der Waals surface area contributed by atoms with Crippen LogP contribution in [0.3, 0.4) is 0 Å². The third kappa shape index (κ3) is 2.60. The fourth-order valence-corrected chi connectivity index (χ4v) is 3.31. The van der Waals surface area contributed by atoms with E-state index in [-0.39, 0.29) is 22.0 Å². The number of ether oxygens (including phenoxy) is 1. The Bertz CT molecular complexity index is 644. The van der Waals surface area contributed by atoms with Crippen LogP contribution in [0.15, 0.2) is 27.5 Å². The summed E-state index contributed by atoms with van der Waals surface area (Å²) in [5.74, 6) is -0.0432. The average Bonchev–Trinajstić information content (AvgIpc) is 2.63. The lowest BCUT2D eigenvalue weighted by Gasteiger charge is -2.19. The molecule has 1 aromatic rings. The van der Waals surface area contributed by atoms with Gasteiger partial charge in [-0.2, -0.15) is 17.2 Å². The number of hydrogen-bond donors (Lipinski definition) is 0. The molecule has 0 fully saturated rings. The van der Waals surface area contributed by atoms with Gasteiger partial charge in [0.05, 0.1) is 5.56 Å². The van der Waals surface area contributed by atoms with Crippen LogP contribution in [0.4, 0.5) is 8.78 Å². The van der Waals surface area contributed by atoms with Crippen molar-refractivity contribution in [1.29, 1.82) is 0 Å². The van der Waals surface area contributed by atoms with Gasteiger partial charge in [0.25, 0.3) is 10.0 Å². The summed E-state index contributed by atoms with van der Waals surface area (Å²) in [5.41, 5.74) is 0.101. The van der Waals surface area contributed by atoms with E-state index in [1.54, 1.807) is 11.9 Å². The third-order valence-electron chi connectivity index (χ3n) is 2.83. The van der Waals surface area contributed by atoms with Crippen molar-refractivity contribution in [1.82, 2.24) is 4.90 Å². The van der Waals surface area contributed by atoms with Crippen molar-refractivity contribution in [3.8, 4) is 5.75 Å². The van der Waals surface area contributed by atoms with Gasteiger partial charge in [0, 0.05) is 13.6 Å². The van der Waals surface area contributed by atoms with Crippen LogP contribution in [0.25, 0.3) is 0 Å². The number of nitrogens with zero attached hydrogens (tertiary/aromatic N) is 2. The Kier molecular flexibility index (Phi) is 3.94. The van der Waals surface area contributed by atoms with Crippen molar-refractivity contribution in [3.63, 3.8) is 0 Å². The first-order valence-electron chi connectivity index (χ1n) is 6.01. The van der Waals surface area contributed by atoms with Crippen molar-refractivity contribution in [2.75, 3.05) is 13.6 Å². The largest absolute Gasteiger partial charge is 0.434 e. The van der Waals surface area contributed by atoms with Gasteiger partial charge in [0.2, 0.25) is 0 Å². The molecule has 5 nitrogen and oxygen atoms in total. The molecule has 0 atom stereocenters. The summed E-state index contributed by atoms with van der Waals surface area (Å²) in [6.45, 7) is -0.553. The smallest absolute Gasteiger partial charge is 0.387 e. The molecule has 0 saturated carbocycles. The molecule has 0 amide bonds. The van der Waals surface area contributed by atoms with E-state index < -0.39 is 16.6 Å². The fraction of sp³-hybridized carbons (Fsp3) is 0.417. The van der Waals surface area contributed by atoms with Crippen LogP contribution in [-0.4, -0.2) is 39.4 Å². The second-order valence-corrected chi connectivity index (χ2v) is 5.89. The van der Waals surface area contributed by atoms with E-state index in [9.17, 15) is 17.2 Å². The number of halogens is 2. The predicted molar refractivity (Wildman–Crippen MR) is 69.7 cm³/mol. The van der Waals surface area contributed by atoms with Crippen molar-refractivity contribution >= 4 is 15.9 Å². The Morgan fingerprint density at radius 3 is 2.70 bits per heavy atom. The van der Waals surface area contributed by atoms with Crippen LogP contribution in [0.1, 0.15) is 18.9 Å². The Balaban J connectivity index is 2.57. The fourth-order valence-electron chi connectivity index (χ4n) is 2.05. The van der Waals surface area contributed by atoms with Gasteiger partial charge in [-0.25, -0.2) is 0 Å². The molecular formula is C12H14F2N2O3S. The summed E-state index contributed by atoms with van der Waals surface area (Å²) in [7, 11) is -2.20. The molecule has 0 unspecified atom stereocenters. The lowest BCUT2D eigenvalue weighted by molar-refractivity contribution is -0.0501. The maximum absolute atomic E-state index is 12.4. The Morgan fingerprint density at radius 2 is 2.10 bits per heavy atom. The minimum atomic E-state index is -3.85. The topological polar surface area (TPSA) is 59.0 Å². The molecule has 110 valence electrons. The van der Waals surface area contributed by atoms with E-state index in [0.29, 0.717) is 6.54 Å². The van der Waals surface area contributed by atoms with Crippen LogP contribution >= 0.6 is 0 Å². The second-order valence-electron chi connectivity index (χ2n) is 4.32. The van der Waals surface area contributed by atoms with Gasteiger partial charge >= 0.3 is 6.61 Å². The molecule has 1 heterocycles. The number of benzene rings is 1. The third-order valence-corrected chi connectivity index (χ3v) is 4.14. The van der Waals surface area contributed by atoms with Crippen LogP contribution in [0.2, 0.25) is 0 Å². The normalized spacial score (nSPS) is 15.9.